The van der Waals surface area contributed by atoms with Crippen LogP contribution in [0.25, 0.3) is 0 Å². The van der Waals surface area contributed by atoms with Crippen molar-refractivity contribution in [2.24, 2.45) is 5.73 Å². The summed E-state index contributed by atoms with van der Waals surface area (Å²) in [7, 11) is 1.62. The molecular formula is C17H28N2O3. The van der Waals surface area contributed by atoms with E-state index >= 15 is 0 Å². The maximum absolute atomic E-state index is 12.3. The van der Waals surface area contributed by atoms with Gasteiger partial charge < -0.3 is 20.5 Å². The Bertz CT molecular complexity index is 464. The van der Waals surface area contributed by atoms with Crippen LogP contribution in [0.15, 0.2) is 24.3 Å². The number of carbonyl (C=O) groups is 1. The predicted molar refractivity (Wildman–Crippen MR) is 87.8 cm³/mol. The molecule has 0 aliphatic carbocycles. The highest BCUT2D eigenvalue weighted by atomic mass is 16.5. The SMILES string of the molecule is CCC(CC)(CN)NC(=O)C(C)OCc1cccc(OC)c1. The number of hydrogen-bond acceptors (Lipinski definition) is 4. The van der Waals surface area contributed by atoms with Crippen molar-refractivity contribution in [3.05, 3.63) is 29.8 Å². The molecule has 1 atom stereocenters. The van der Waals surface area contributed by atoms with E-state index in [1.807, 2.05) is 38.1 Å². The molecule has 0 aliphatic rings. The molecule has 0 aromatic heterocycles. The zero-order valence-corrected chi connectivity index (χ0v) is 14.0. The second-order valence-corrected chi connectivity index (χ2v) is 5.49. The Kier molecular flexibility index (Phi) is 7.35. The fraction of sp³-hybridized carbons (Fsp3) is 0.588. The lowest BCUT2D eigenvalue weighted by Gasteiger charge is -2.32. The van der Waals surface area contributed by atoms with Crippen molar-refractivity contribution in [2.45, 2.75) is 51.9 Å². The molecule has 1 aromatic rings. The van der Waals surface area contributed by atoms with E-state index in [2.05, 4.69) is 5.32 Å². The van der Waals surface area contributed by atoms with Crippen LogP contribution < -0.4 is 15.8 Å². The summed E-state index contributed by atoms with van der Waals surface area (Å²) in [4.78, 5) is 12.3. The van der Waals surface area contributed by atoms with Crippen molar-refractivity contribution >= 4 is 5.91 Å². The Morgan fingerprint density at radius 3 is 2.59 bits per heavy atom. The standard InChI is InChI=1S/C17H28N2O3/c1-5-17(6-2,12-18)19-16(20)13(3)22-11-14-8-7-9-15(10-14)21-4/h7-10,13H,5-6,11-12,18H2,1-4H3,(H,19,20). The molecule has 0 saturated heterocycles. The largest absolute Gasteiger partial charge is 0.497 e. The van der Waals surface area contributed by atoms with Crippen molar-refractivity contribution in [1.82, 2.24) is 5.32 Å². The molecule has 1 unspecified atom stereocenters. The topological polar surface area (TPSA) is 73.6 Å². The minimum absolute atomic E-state index is 0.128. The Labute approximate surface area is 133 Å². The van der Waals surface area contributed by atoms with E-state index < -0.39 is 6.10 Å². The van der Waals surface area contributed by atoms with Crippen molar-refractivity contribution in [1.29, 1.82) is 0 Å². The van der Waals surface area contributed by atoms with Crippen LogP contribution in [0, 0.1) is 0 Å². The van der Waals surface area contributed by atoms with Gasteiger partial charge in [0.2, 0.25) is 5.91 Å². The highest BCUT2D eigenvalue weighted by molar-refractivity contribution is 5.81. The number of amides is 1. The molecule has 1 amide bonds. The average molecular weight is 308 g/mol. The van der Waals surface area contributed by atoms with E-state index in [1.54, 1.807) is 14.0 Å². The fourth-order valence-electron chi connectivity index (χ4n) is 2.19. The maximum Gasteiger partial charge on any atom is 0.249 e. The van der Waals surface area contributed by atoms with Crippen LogP contribution in [0.3, 0.4) is 0 Å². The monoisotopic (exact) mass is 308 g/mol. The zero-order valence-electron chi connectivity index (χ0n) is 14.0. The van der Waals surface area contributed by atoms with Crippen molar-refractivity contribution in [2.75, 3.05) is 13.7 Å². The van der Waals surface area contributed by atoms with Gasteiger partial charge in [0, 0.05) is 6.54 Å². The minimum Gasteiger partial charge on any atom is -0.497 e. The van der Waals surface area contributed by atoms with Crippen LogP contribution >= 0.6 is 0 Å². The van der Waals surface area contributed by atoms with Gasteiger partial charge in [-0.2, -0.15) is 0 Å². The highest BCUT2D eigenvalue weighted by Gasteiger charge is 2.28. The number of methoxy groups -OCH3 is 1. The van der Waals surface area contributed by atoms with Crippen LogP contribution in [-0.2, 0) is 16.1 Å². The molecule has 0 saturated carbocycles. The van der Waals surface area contributed by atoms with Gasteiger partial charge in [-0.15, -0.1) is 0 Å². The Morgan fingerprint density at radius 1 is 1.36 bits per heavy atom. The molecule has 0 aliphatic heterocycles. The molecule has 1 aromatic carbocycles. The van der Waals surface area contributed by atoms with Gasteiger partial charge in [-0.05, 0) is 37.5 Å². The molecule has 22 heavy (non-hydrogen) atoms. The van der Waals surface area contributed by atoms with Crippen LogP contribution in [0.2, 0.25) is 0 Å². The number of nitrogens with two attached hydrogens (primary N) is 1. The summed E-state index contributed by atoms with van der Waals surface area (Å²) >= 11 is 0. The highest BCUT2D eigenvalue weighted by Crippen LogP contribution is 2.16. The molecule has 124 valence electrons. The van der Waals surface area contributed by atoms with E-state index in [4.69, 9.17) is 15.2 Å². The Hall–Kier alpha value is -1.59. The quantitative estimate of drug-likeness (QED) is 0.734. The Morgan fingerprint density at radius 2 is 2.05 bits per heavy atom. The predicted octanol–water partition coefficient (Wildman–Crippen LogP) is 2.23. The molecule has 0 fully saturated rings. The van der Waals surface area contributed by atoms with E-state index in [9.17, 15) is 4.79 Å². The number of rotatable bonds is 9. The Balaban J connectivity index is 2.57. The van der Waals surface area contributed by atoms with Crippen molar-refractivity contribution in [3.8, 4) is 5.75 Å². The summed E-state index contributed by atoms with van der Waals surface area (Å²) in [5.41, 5.74) is 6.43. The third kappa shape index (κ3) is 5.00. The lowest BCUT2D eigenvalue weighted by Crippen LogP contribution is -2.55. The molecule has 5 heteroatoms. The van der Waals surface area contributed by atoms with Crippen LogP contribution in [0.4, 0.5) is 0 Å². The second kappa shape index (κ2) is 8.76. The van der Waals surface area contributed by atoms with Gasteiger partial charge in [-0.25, -0.2) is 0 Å². The lowest BCUT2D eigenvalue weighted by molar-refractivity contribution is -0.134. The summed E-state index contributed by atoms with van der Waals surface area (Å²) in [6.45, 7) is 6.59. The number of ether oxygens (including phenoxy) is 2. The molecule has 1 rings (SSSR count). The first-order chi connectivity index (χ1) is 10.5. The maximum atomic E-state index is 12.3. The summed E-state index contributed by atoms with van der Waals surface area (Å²) in [6.07, 6.45) is 1.07. The number of hydrogen-bond donors (Lipinski definition) is 2. The van der Waals surface area contributed by atoms with E-state index in [1.165, 1.54) is 0 Å². The van der Waals surface area contributed by atoms with E-state index in [0.29, 0.717) is 13.2 Å². The van der Waals surface area contributed by atoms with Crippen LogP contribution in [0.1, 0.15) is 39.2 Å². The van der Waals surface area contributed by atoms with E-state index in [-0.39, 0.29) is 11.4 Å². The average Bonchev–Trinajstić information content (AvgIpc) is 2.57. The molecule has 0 radical (unpaired) electrons. The first-order valence-corrected chi connectivity index (χ1v) is 7.76. The molecular weight excluding hydrogens is 280 g/mol. The minimum atomic E-state index is -0.532. The zero-order chi connectivity index (χ0) is 16.6. The van der Waals surface area contributed by atoms with Gasteiger partial charge in [-0.3, -0.25) is 4.79 Å². The third-order valence-electron chi connectivity index (χ3n) is 4.14. The number of benzene rings is 1. The van der Waals surface area contributed by atoms with Gasteiger partial charge >= 0.3 is 0 Å². The van der Waals surface area contributed by atoms with Gasteiger partial charge in [0.25, 0.3) is 0 Å². The lowest BCUT2D eigenvalue weighted by atomic mass is 9.92. The van der Waals surface area contributed by atoms with Crippen molar-refractivity contribution in [3.63, 3.8) is 0 Å². The van der Waals surface area contributed by atoms with Gasteiger partial charge in [-0.1, -0.05) is 26.0 Å². The van der Waals surface area contributed by atoms with E-state index in [0.717, 1.165) is 24.2 Å². The first kappa shape index (κ1) is 18.5. The van der Waals surface area contributed by atoms with Crippen LogP contribution in [0.5, 0.6) is 5.75 Å². The van der Waals surface area contributed by atoms with Gasteiger partial charge in [0.15, 0.2) is 0 Å². The summed E-state index contributed by atoms with van der Waals surface area (Å²) in [5.74, 6) is 0.648. The van der Waals surface area contributed by atoms with Crippen LogP contribution in [-0.4, -0.2) is 31.2 Å². The number of nitrogens with one attached hydrogen (secondary N) is 1. The fourth-order valence-corrected chi connectivity index (χ4v) is 2.19. The number of carbonyl (C=O) groups excluding carboxylic acids is 1. The summed E-state index contributed by atoms with van der Waals surface area (Å²) < 4.78 is 10.8. The normalized spacial score (nSPS) is 12.8. The van der Waals surface area contributed by atoms with Crippen molar-refractivity contribution < 1.29 is 14.3 Å². The molecule has 0 bridgehead atoms. The smallest absolute Gasteiger partial charge is 0.249 e. The molecule has 0 spiro atoms. The second-order valence-electron chi connectivity index (χ2n) is 5.49. The van der Waals surface area contributed by atoms with Gasteiger partial charge in [0.1, 0.15) is 11.9 Å². The first-order valence-electron chi connectivity index (χ1n) is 7.76. The molecule has 0 heterocycles. The summed E-state index contributed by atoms with van der Waals surface area (Å²) in [6, 6.07) is 7.61. The third-order valence-corrected chi connectivity index (χ3v) is 4.14. The van der Waals surface area contributed by atoms with Gasteiger partial charge in [0.05, 0.1) is 19.3 Å². The summed E-state index contributed by atoms with van der Waals surface area (Å²) in [5, 5.41) is 3.02. The molecule has 3 N–H and O–H groups in total. The molecule has 5 nitrogen and oxygen atoms in total.